The maximum atomic E-state index is 13.5. The molecule has 0 aromatic heterocycles. The van der Waals surface area contributed by atoms with Gasteiger partial charge in [0, 0.05) is 16.1 Å². The molecule has 0 unspecified atom stereocenters. The normalized spacial score (nSPS) is 10.4. The van der Waals surface area contributed by atoms with E-state index in [1.165, 1.54) is 12.1 Å². The van der Waals surface area contributed by atoms with Crippen molar-refractivity contribution in [3.63, 3.8) is 0 Å². The highest BCUT2D eigenvalue weighted by Crippen LogP contribution is 2.20. The molecule has 2 rings (SSSR count). The number of carbonyl (C=O) groups is 1. The Bertz CT molecular complexity index is 605. The molecular weight excluding hydrogens is 309 g/mol. The summed E-state index contributed by atoms with van der Waals surface area (Å²) >= 11 is 3.10. The van der Waals surface area contributed by atoms with Gasteiger partial charge in [0.2, 0.25) is 0 Å². The van der Waals surface area contributed by atoms with Crippen molar-refractivity contribution in [2.45, 2.75) is 0 Å². The summed E-state index contributed by atoms with van der Waals surface area (Å²) in [4.78, 5) is 11.9. The SMILES string of the molecule is O=C(c1cc(F)cc(F)c1)c1cc(Br)ccc1F. The molecule has 0 aliphatic heterocycles. The van der Waals surface area contributed by atoms with Gasteiger partial charge in [-0.2, -0.15) is 0 Å². The molecule has 2 aromatic carbocycles. The second-order valence-electron chi connectivity index (χ2n) is 3.61. The monoisotopic (exact) mass is 314 g/mol. The fourth-order valence-corrected chi connectivity index (χ4v) is 1.87. The highest BCUT2D eigenvalue weighted by Gasteiger charge is 2.16. The summed E-state index contributed by atoms with van der Waals surface area (Å²) in [6.45, 7) is 0. The number of benzene rings is 2. The van der Waals surface area contributed by atoms with E-state index in [0.717, 1.165) is 18.2 Å². The van der Waals surface area contributed by atoms with Crippen LogP contribution in [0.3, 0.4) is 0 Å². The Hall–Kier alpha value is -1.62. The lowest BCUT2D eigenvalue weighted by Crippen LogP contribution is -2.05. The quantitative estimate of drug-likeness (QED) is 0.763. The van der Waals surface area contributed by atoms with Crippen molar-refractivity contribution >= 4 is 21.7 Å². The lowest BCUT2D eigenvalue weighted by molar-refractivity contribution is 0.103. The minimum atomic E-state index is -0.881. The molecule has 0 saturated heterocycles. The third kappa shape index (κ3) is 2.61. The zero-order valence-electron chi connectivity index (χ0n) is 8.88. The van der Waals surface area contributed by atoms with Crippen molar-refractivity contribution in [2.24, 2.45) is 0 Å². The second-order valence-corrected chi connectivity index (χ2v) is 4.53. The fourth-order valence-electron chi connectivity index (χ4n) is 1.51. The first-order valence-corrected chi connectivity index (χ1v) is 5.72. The number of rotatable bonds is 2. The van der Waals surface area contributed by atoms with Crippen molar-refractivity contribution in [1.82, 2.24) is 0 Å². The first-order valence-electron chi connectivity index (χ1n) is 4.93. The van der Waals surface area contributed by atoms with Crippen molar-refractivity contribution in [1.29, 1.82) is 0 Å². The first-order chi connectivity index (χ1) is 8.47. The Morgan fingerprint density at radius 1 is 0.944 bits per heavy atom. The molecule has 0 radical (unpaired) electrons. The summed E-state index contributed by atoms with van der Waals surface area (Å²) in [5.41, 5.74) is -0.473. The lowest BCUT2D eigenvalue weighted by Gasteiger charge is -2.04. The molecule has 0 aliphatic rings. The fraction of sp³-hybridized carbons (Fsp3) is 0. The van der Waals surface area contributed by atoms with E-state index in [2.05, 4.69) is 15.9 Å². The van der Waals surface area contributed by atoms with Gasteiger partial charge in [0.05, 0.1) is 5.56 Å². The van der Waals surface area contributed by atoms with Gasteiger partial charge < -0.3 is 0 Å². The van der Waals surface area contributed by atoms with E-state index >= 15 is 0 Å². The van der Waals surface area contributed by atoms with E-state index in [1.807, 2.05) is 0 Å². The van der Waals surface area contributed by atoms with Gasteiger partial charge in [-0.3, -0.25) is 4.79 Å². The topological polar surface area (TPSA) is 17.1 Å². The van der Waals surface area contributed by atoms with Crippen LogP contribution in [-0.2, 0) is 0 Å². The van der Waals surface area contributed by atoms with Crippen LogP contribution < -0.4 is 0 Å². The van der Waals surface area contributed by atoms with Gasteiger partial charge in [-0.1, -0.05) is 15.9 Å². The van der Waals surface area contributed by atoms with Gasteiger partial charge in [0.25, 0.3) is 0 Å². The van der Waals surface area contributed by atoms with Crippen molar-refractivity contribution in [2.75, 3.05) is 0 Å². The van der Waals surface area contributed by atoms with Gasteiger partial charge in [-0.25, -0.2) is 13.2 Å². The molecule has 0 spiro atoms. The standard InChI is InChI=1S/C13H6BrF3O/c14-8-1-2-12(17)11(5-8)13(18)7-3-9(15)6-10(16)4-7/h1-6H. The first kappa shape index (κ1) is 12.8. The molecule has 0 amide bonds. The maximum Gasteiger partial charge on any atom is 0.196 e. The van der Waals surface area contributed by atoms with E-state index < -0.39 is 23.2 Å². The van der Waals surface area contributed by atoms with Crippen LogP contribution in [0.15, 0.2) is 40.9 Å². The summed E-state index contributed by atoms with van der Waals surface area (Å²) < 4.78 is 40.0. The van der Waals surface area contributed by atoms with Crippen LogP contribution in [0.5, 0.6) is 0 Å². The third-order valence-corrected chi connectivity index (χ3v) is 2.79. The van der Waals surface area contributed by atoms with Crippen LogP contribution >= 0.6 is 15.9 Å². The summed E-state index contributed by atoms with van der Waals surface area (Å²) in [6, 6.07) is 6.18. The molecule has 0 aliphatic carbocycles. The Labute approximate surface area is 109 Å². The van der Waals surface area contributed by atoms with E-state index in [9.17, 15) is 18.0 Å². The number of ketones is 1. The molecule has 0 heterocycles. The Morgan fingerprint density at radius 3 is 2.17 bits per heavy atom. The molecular formula is C13H6BrF3O. The second kappa shape index (κ2) is 4.94. The number of halogens is 4. The summed E-state index contributed by atoms with van der Waals surface area (Å²) in [6.07, 6.45) is 0. The molecule has 92 valence electrons. The summed E-state index contributed by atoms with van der Waals surface area (Å²) in [5.74, 6) is -3.28. The van der Waals surface area contributed by atoms with Gasteiger partial charge >= 0.3 is 0 Å². The predicted octanol–water partition coefficient (Wildman–Crippen LogP) is 4.10. The number of hydrogen-bond acceptors (Lipinski definition) is 1. The minimum absolute atomic E-state index is 0.232. The average molecular weight is 315 g/mol. The van der Waals surface area contributed by atoms with Crippen LogP contribution in [0.25, 0.3) is 0 Å². The summed E-state index contributed by atoms with van der Waals surface area (Å²) in [7, 11) is 0. The molecule has 0 fully saturated rings. The van der Waals surface area contributed by atoms with Crippen LogP contribution in [0.1, 0.15) is 15.9 Å². The van der Waals surface area contributed by atoms with E-state index in [0.29, 0.717) is 10.5 Å². The van der Waals surface area contributed by atoms with Crippen LogP contribution in [0, 0.1) is 17.5 Å². The Balaban J connectivity index is 2.51. The van der Waals surface area contributed by atoms with E-state index in [-0.39, 0.29) is 11.1 Å². The van der Waals surface area contributed by atoms with Gasteiger partial charge in [-0.15, -0.1) is 0 Å². The molecule has 0 N–H and O–H groups in total. The van der Waals surface area contributed by atoms with Crippen LogP contribution in [0.2, 0.25) is 0 Å². The van der Waals surface area contributed by atoms with E-state index in [4.69, 9.17) is 0 Å². The molecule has 2 aromatic rings. The van der Waals surface area contributed by atoms with Gasteiger partial charge in [0.15, 0.2) is 5.78 Å². The van der Waals surface area contributed by atoms with Crippen molar-refractivity contribution in [3.8, 4) is 0 Å². The molecule has 0 bridgehead atoms. The van der Waals surface area contributed by atoms with Gasteiger partial charge in [-0.05, 0) is 30.3 Å². The number of hydrogen-bond donors (Lipinski definition) is 0. The highest BCUT2D eigenvalue weighted by molar-refractivity contribution is 9.10. The molecule has 18 heavy (non-hydrogen) atoms. The zero-order chi connectivity index (χ0) is 13.3. The van der Waals surface area contributed by atoms with Gasteiger partial charge in [0.1, 0.15) is 17.5 Å². The molecule has 5 heteroatoms. The third-order valence-electron chi connectivity index (χ3n) is 2.30. The molecule has 0 atom stereocenters. The van der Waals surface area contributed by atoms with Crippen molar-refractivity contribution in [3.05, 3.63) is 69.4 Å². The molecule has 1 nitrogen and oxygen atoms in total. The average Bonchev–Trinajstić information content (AvgIpc) is 2.30. The highest BCUT2D eigenvalue weighted by atomic mass is 79.9. The Kier molecular flexibility index (Phi) is 3.52. The minimum Gasteiger partial charge on any atom is -0.288 e. The number of carbonyl (C=O) groups excluding carboxylic acids is 1. The maximum absolute atomic E-state index is 13.5. The Morgan fingerprint density at radius 2 is 1.56 bits per heavy atom. The lowest BCUT2D eigenvalue weighted by atomic mass is 10.0. The largest absolute Gasteiger partial charge is 0.288 e. The zero-order valence-corrected chi connectivity index (χ0v) is 10.5. The van der Waals surface area contributed by atoms with Crippen molar-refractivity contribution < 1.29 is 18.0 Å². The molecule has 0 saturated carbocycles. The van der Waals surface area contributed by atoms with E-state index in [1.54, 1.807) is 0 Å². The van der Waals surface area contributed by atoms with Crippen LogP contribution in [0.4, 0.5) is 13.2 Å². The smallest absolute Gasteiger partial charge is 0.196 e. The van der Waals surface area contributed by atoms with Crippen LogP contribution in [-0.4, -0.2) is 5.78 Å². The summed E-state index contributed by atoms with van der Waals surface area (Å²) in [5, 5.41) is 0. The predicted molar refractivity (Wildman–Crippen MR) is 63.9 cm³/mol.